The molecule has 0 aromatic heterocycles. The van der Waals surface area contributed by atoms with Crippen molar-refractivity contribution >= 4 is 29.3 Å². The largest absolute Gasteiger partial charge is 0.481 e. The van der Waals surface area contributed by atoms with Gasteiger partial charge in [0.1, 0.15) is 5.75 Å². The van der Waals surface area contributed by atoms with Gasteiger partial charge in [-0.1, -0.05) is 6.07 Å². The molecule has 2 rings (SSSR count). The molecule has 0 saturated heterocycles. The lowest BCUT2D eigenvalue weighted by atomic mass is 10.0. The zero-order chi connectivity index (χ0) is 18.6. The minimum atomic E-state index is -1.02. The predicted octanol–water partition coefficient (Wildman–Crippen LogP) is 4.13. The van der Waals surface area contributed by atoms with Crippen LogP contribution in [0.3, 0.4) is 0 Å². The molecular formula is C19H21NO4S. The SMILES string of the molecule is CSc1ccc(OC(C)C(=O)Nc2cc(C(=O)O)c(C)cc2C)cc1. The Bertz CT molecular complexity index is 787. The van der Waals surface area contributed by atoms with Crippen LogP contribution in [0.25, 0.3) is 0 Å². The summed E-state index contributed by atoms with van der Waals surface area (Å²) in [6, 6.07) is 10.7. The van der Waals surface area contributed by atoms with E-state index in [0.717, 1.165) is 10.5 Å². The molecule has 5 nitrogen and oxygen atoms in total. The van der Waals surface area contributed by atoms with Crippen LogP contribution in [0.4, 0.5) is 5.69 Å². The number of ether oxygens (including phenoxy) is 1. The second-order valence-electron chi connectivity index (χ2n) is 5.71. The second kappa shape index (κ2) is 8.07. The average Bonchev–Trinajstić information content (AvgIpc) is 2.57. The lowest BCUT2D eigenvalue weighted by Gasteiger charge is -2.17. The van der Waals surface area contributed by atoms with Gasteiger partial charge in [0, 0.05) is 10.6 Å². The number of aromatic carboxylic acids is 1. The monoisotopic (exact) mass is 359 g/mol. The number of rotatable bonds is 6. The minimum Gasteiger partial charge on any atom is -0.481 e. The normalized spacial score (nSPS) is 11.7. The first-order valence-electron chi connectivity index (χ1n) is 7.78. The molecule has 0 radical (unpaired) electrons. The van der Waals surface area contributed by atoms with Crippen LogP contribution in [-0.2, 0) is 4.79 Å². The smallest absolute Gasteiger partial charge is 0.336 e. The molecule has 2 aromatic rings. The number of carbonyl (C=O) groups excluding carboxylic acids is 1. The van der Waals surface area contributed by atoms with Crippen LogP contribution in [0, 0.1) is 13.8 Å². The van der Waals surface area contributed by atoms with Crippen molar-refractivity contribution in [2.75, 3.05) is 11.6 Å². The second-order valence-corrected chi connectivity index (χ2v) is 6.59. The highest BCUT2D eigenvalue weighted by atomic mass is 32.2. The maximum Gasteiger partial charge on any atom is 0.336 e. The predicted molar refractivity (Wildman–Crippen MR) is 99.8 cm³/mol. The van der Waals surface area contributed by atoms with Gasteiger partial charge in [-0.15, -0.1) is 11.8 Å². The molecular weight excluding hydrogens is 338 g/mol. The Morgan fingerprint density at radius 2 is 1.76 bits per heavy atom. The van der Waals surface area contributed by atoms with Crippen LogP contribution >= 0.6 is 11.8 Å². The molecule has 0 bridgehead atoms. The number of carbonyl (C=O) groups is 2. The van der Waals surface area contributed by atoms with Gasteiger partial charge in [-0.2, -0.15) is 0 Å². The van der Waals surface area contributed by atoms with Crippen molar-refractivity contribution in [2.24, 2.45) is 0 Å². The van der Waals surface area contributed by atoms with Crippen LogP contribution in [0.5, 0.6) is 5.75 Å². The Morgan fingerprint density at radius 3 is 2.32 bits per heavy atom. The van der Waals surface area contributed by atoms with Crippen LogP contribution < -0.4 is 10.1 Å². The third-order valence-electron chi connectivity index (χ3n) is 3.80. The summed E-state index contributed by atoms with van der Waals surface area (Å²) in [6.07, 6.45) is 1.27. The van der Waals surface area contributed by atoms with E-state index in [1.807, 2.05) is 37.4 Å². The fraction of sp³-hybridized carbons (Fsp3) is 0.263. The molecule has 1 unspecified atom stereocenters. The van der Waals surface area contributed by atoms with Crippen molar-refractivity contribution in [2.45, 2.75) is 31.8 Å². The van der Waals surface area contributed by atoms with Crippen LogP contribution in [0.15, 0.2) is 41.3 Å². The number of hydrogen-bond acceptors (Lipinski definition) is 4. The lowest BCUT2D eigenvalue weighted by molar-refractivity contribution is -0.122. The molecule has 2 N–H and O–H groups in total. The fourth-order valence-electron chi connectivity index (χ4n) is 2.36. The summed E-state index contributed by atoms with van der Waals surface area (Å²) in [5.74, 6) is -0.754. The van der Waals surface area contributed by atoms with Crippen molar-refractivity contribution < 1.29 is 19.4 Å². The molecule has 0 saturated carbocycles. The molecule has 1 atom stereocenters. The topological polar surface area (TPSA) is 75.6 Å². The Hall–Kier alpha value is -2.47. The summed E-state index contributed by atoms with van der Waals surface area (Å²) >= 11 is 1.63. The molecule has 0 heterocycles. The van der Waals surface area contributed by atoms with Gasteiger partial charge in [-0.05, 0) is 68.5 Å². The van der Waals surface area contributed by atoms with Crippen molar-refractivity contribution in [1.29, 1.82) is 0 Å². The van der Waals surface area contributed by atoms with Crippen LogP contribution in [0.2, 0.25) is 0 Å². The number of aryl methyl sites for hydroxylation is 2. The summed E-state index contributed by atoms with van der Waals surface area (Å²) in [5, 5.41) is 12.0. The molecule has 25 heavy (non-hydrogen) atoms. The quantitative estimate of drug-likeness (QED) is 0.759. The average molecular weight is 359 g/mol. The Labute approximate surface area is 151 Å². The summed E-state index contributed by atoms with van der Waals surface area (Å²) < 4.78 is 5.65. The number of amides is 1. The number of nitrogens with one attached hydrogen (secondary N) is 1. The number of hydrogen-bond donors (Lipinski definition) is 2. The van der Waals surface area contributed by atoms with Gasteiger partial charge in [-0.3, -0.25) is 4.79 Å². The van der Waals surface area contributed by atoms with Crippen molar-refractivity contribution in [3.8, 4) is 5.75 Å². The Morgan fingerprint density at radius 1 is 1.12 bits per heavy atom. The fourth-order valence-corrected chi connectivity index (χ4v) is 2.77. The Balaban J connectivity index is 2.10. The van der Waals surface area contributed by atoms with E-state index in [9.17, 15) is 14.7 Å². The van der Waals surface area contributed by atoms with E-state index in [2.05, 4.69) is 5.32 Å². The molecule has 0 fully saturated rings. The number of benzene rings is 2. The van der Waals surface area contributed by atoms with Crippen molar-refractivity contribution in [3.05, 3.63) is 53.1 Å². The molecule has 2 aromatic carbocycles. The summed E-state index contributed by atoms with van der Waals surface area (Å²) in [4.78, 5) is 24.7. The summed E-state index contributed by atoms with van der Waals surface area (Å²) in [7, 11) is 0. The highest BCUT2D eigenvalue weighted by molar-refractivity contribution is 7.98. The van der Waals surface area contributed by atoms with Crippen LogP contribution in [-0.4, -0.2) is 29.3 Å². The maximum atomic E-state index is 12.4. The molecule has 132 valence electrons. The third kappa shape index (κ3) is 4.76. The number of carboxylic acids is 1. The molecule has 0 aliphatic carbocycles. The highest BCUT2D eigenvalue weighted by Crippen LogP contribution is 2.22. The lowest BCUT2D eigenvalue weighted by Crippen LogP contribution is -2.30. The van der Waals surface area contributed by atoms with E-state index in [0.29, 0.717) is 17.0 Å². The van der Waals surface area contributed by atoms with Gasteiger partial charge in [-0.25, -0.2) is 4.79 Å². The first-order valence-corrected chi connectivity index (χ1v) is 9.00. The molecule has 0 aliphatic rings. The molecule has 0 aliphatic heterocycles. The van der Waals surface area contributed by atoms with Gasteiger partial charge < -0.3 is 15.2 Å². The van der Waals surface area contributed by atoms with Gasteiger partial charge in [0.2, 0.25) is 0 Å². The summed E-state index contributed by atoms with van der Waals surface area (Å²) in [5.41, 5.74) is 2.09. The van der Waals surface area contributed by atoms with Crippen molar-refractivity contribution in [3.63, 3.8) is 0 Å². The standard InChI is InChI=1S/C19H21NO4S/c1-11-9-12(2)17(10-16(11)19(22)23)20-18(21)13(3)24-14-5-7-15(25-4)8-6-14/h5-10,13H,1-4H3,(H,20,21)(H,22,23). The molecule has 0 spiro atoms. The van der Waals surface area contributed by atoms with Gasteiger partial charge in [0.15, 0.2) is 6.10 Å². The number of carboxylic acid groups (broad SMARTS) is 1. The van der Waals surface area contributed by atoms with Gasteiger partial charge >= 0.3 is 5.97 Å². The maximum absolute atomic E-state index is 12.4. The van der Waals surface area contributed by atoms with E-state index in [-0.39, 0.29) is 11.5 Å². The summed E-state index contributed by atoms with van der Waals surface area (Å²) in [6.45, 7) is 5.20. The first-order chi connectivity index (χ1) is 11.8. The highest BCUT2D eigenvalue weighted by Gasteiger charge is 2.17. The number of anilines is 1. The minimum absolute atomic E-state index is 0.169. The van der Waals surface area contributed by atoms with E-state index in [1.165, 1.54) is 6.07 Å². The van der Waals surface area contributed by atoms with E-state index in [4.69, 9.17) is 4.74 Å². The molecule has 6 heteroatoms. The van der Waals surface area contributed by atoms with Gasteiger partial charge in [0.25, 0.3) is 5.91 Å². The van der Waals surface area contributed by atoms with E-state index < -0.39 is 12.1 Å². The van der Waals surface area contributed by atoms with Gasteiger partial charge in [0.05, 0.1) is 5.56 Å². The number of thioether (sulfide) groups is 1. The first kappa shape index (κ1) is 18.9. The van der Waals surface area contributed by atoms with Crippen LogP contribution in [0.1, 0.15) is 28.4 Å². The zero-order valence-electron chi connectivity index (χ0n) is 14.6. The third-order valence-corrected chi connectivity index (χ3v) is 4.54. The molecule has 1 amide bonds. The van der Waals surface area contributed by atoms with E-state index >= 15 is 0 Å². The van der Waals surface area contributed by atoms with Crippen molar-refractivity contribution in [1.82, 2.24) is 0 Å². The Kier molecular flexibility index (Phi) is 6.09. The van der Waals surface area contributed by atoms with E-state index in [1.54, 1.807) is 31.7 Å². The zero-order valence-corrected chi connectivity index (χ0v) is 15.4.